The van der Waals surface area contributed by atoms with Crippen LogP contribution in [0.15, 0.2) is 72.0 Å². The number of guanidine groups is 1. The number of hydrogen-bond acceptors (Lipinski definition) is 4. The fourth-order valence-electron chi connectivity index (χ4n) is 4.29. The van der Waals surface area contributed by atoms with E-state index in [4.69, 9.17) is 4.74 Å². The second kappa shape index (κ2) is 11.5. The first-order chi connectivity index (χ1) is 16.2. The van der Waals surface area contributed by atoms with Crippen molar-refractivity contribution in [1.29, 1.82) is 0 Å². The Morgan fingerprint density at radius 3 is 2.48 bits per heavy atom. The molecule has 4 rings (SSSR count). The van der Waals surface area contributed by atoms with Gasteiger partial charge >= 0.3 is 0 Å². The highest BCUT2D eigenvalue weighted by atomic mass is 16.5. The molecule has 1 aliphatic rings. The van der Waals surface area contributed by atoms with Gasteiger partial charge in [0.15, 0.2) is 5.96 Å². The van der Waals surface area contributed by atoms with Crippen molar-refractivity contribution in [2.75, 3.05) is 33.8 Å². The highest BCUT2D eigenvalue weighted by molar-refractivity contribution is 5.79. The van der Waals surface area contributed by atoms with Crippen molar-refractivity contribution in [3.8, 4) is 5.75 Å². The average molecular weight is 447 g/mol. The SMILES string of the molecule is CN=C(NCc1cnn(Cc2ccccc2)c1)NCC(c1ccc(OC)cc1)N1CCCC1. The number of aromatic nitrogens is 2. The monoisotopic (exact) mass is 446 g/mol. The summed E-state index contributed by atoms with van der Waals surface area (Å²) in [5.41, 5.74) is 3.66. The summed E-state index contributed by atoms with van der Waals surface area (Å²) in [4.78, 5) is 6.98. The van der Waals surface area contributed by atoms with E-state index in [0.29, 0.717) is 12.6 Å². The fraction of sp³-hybridized carbons (Fsp3) is 0.385. The Kier molecular flexibility index (Phi) is 7.98. The standard InChI is InChI=1S/C26H34N6O/c1-27-26(28-16-22-17-30-32(20-22)19-21-8-4-3-5-9-21)29-18-25(31-14-6-7-15-31)23-10-12-24(33-2)13-11-23/h3-5,8-13,17,20,25H,6-7,14-16,18-19H2,1-2H3,(H2,27,28,29). The summed E-state index contributed by atoms with van der Waals surface area (Å²) in [6.45, 7) is 4.49. The van der Waals surface area contributed by atoms with Crippen molar-refractivity contribution in [1.82, 2.24) is 25.3 Å². The largest absolute Gasteiger partial charge is 0.497 e. The molecule has 1 atom stereocenters. The van der Waals surface area contributed by atoms with Gasteiger partial charge < -0.3 is 15.4 Å². The molecule has 0 bridgehead atoms. The summed E-state index contributed by atoms with van der Waals surface area (Å²) >= 11 is 0. The maximum absolute atomic E-state index is 5.33. The predicted molar refractivity (Wildman–Crippen MR) is 133 cm³/mol. The van der Waals surface area contributed by atoms with Gasteiger partial charge in [0.1, 0.15) is 5.75 Å². The van der Waals surface area contributed by atoms with E-state index in [9.17, 15) is 0 Å². The molecule has 1 unspecified atom stereocenters. The average Bonchev–Trinajstić information content (AvgIpc) is 3.55. The lowest BCUT2D eigenvalue weighted by Gasteiger charge is -2.29. The lowest BCUT2D eigenvalue weighted by atomic mass is 10.1. The predicted octanol–water partition coefficient (Wildman–Crippen LogP) is 3.44. The second-order valence-electron chi connectivity index (χ2n) is 8.37. The zero-order valence-corrected chi connectivity index (χ0v) is 19.6. The number of nitrogens with zero attached hydrogens (tertiary/aromatic N) is 4. The van der Waals surface area contributed by atoms with Gasteiger partial charge in [0, 0.05) is 31.9 Å². The molecule has 1 aromatic heterocycles. The van der Waals surface area contributed by atoms with Crippen molar-refractivity contribution in [3.05, 3.63) is 83.7 Å². The maximum Gasteiger partial charge on any atom is 0.191 e. The zero-order valence-electron chi connectivity index (χ0n) is 19.6. The third-order valence-corrected chi connectivity index (χ3v) is 6.10. The van der Waals surface area contributed by atoms with Gasteiger partial charge in [-0.1, -0.05) is 42.5 Å². The number of ether oxygens (including phenoxy) is 1. The molecule has 7 nitrogen and oxygen atoms in total. The van der Waals surface area contributed by atoms with Crippen molar-refractivity contribution in [3.63, 3.8) is 0 Å². The Balaban J connectivity index is 1.32. The molecule has 7 heteroatoms. The minimum atomic E-state index is 0.297. The fourth-order valence-corrected chi connectivity index (χ4v) is 4.29. The molecule has 33 heavy (non-hydrogen) atoms. The highest BCUT2D eigenvalue weighted by Gasteiger charge is 2.23. The number of methoxy groups -OCH3 is 1. The Labute approximate surface area is 196 Å². The first kappa shape index (κ1) is 22.9. The molecular weight excluding hydrogens is 412 g/mol. The number of hydrogen-bond donors (Lipinski definition) is 2. The van der Waals surface area contributed by atoms with Crippen molar-refractivity contribution < 1.29 is 4.74 Å². The van der Waals surface area contributed by atoms with Gasteiger partial charge in [-0.15, -0.1) is 0 Å². The minimum absolute atomic E-state index is 0.297. The summed E-state index contributed by atoms with van der Waals surface area (Å²) in [7, 11) is 3.52. The highest BCUT2D eigenvalue weighted by Crippen LogP contribution is 2.26. The third kappa shape index (κ3) is 6.35. The minimum Gasteiger partial charge on any atom is -0.497 e. The molecule has 3 aromatic rings. The van der Waals surface area contributed by atoms with E-state index in [1.807, 2.05) is 36.1 Å². The molecule has 0 radical (unpaired) electrons. The topological polar surface area (TPSA) is 66.7 Å². The van der Waals surface area contributed by atoms with E-state index in [0.717, 1.165) is 43.5 Å². The summed E-state index contributed by atoms with van der Waals surface area (Å²) in [6.07, 6.45) is 6.50. The van der Waals surface area contributed by atoms with Gasteiger partial charge in [-0.05, 0) is 49.2 Å². The van der Waals surface area contributed by atoms with E-state index < -0.39 is 0 Å². The van der Waals surface area contributed by atoms with Crippen molar-refractivity contribution in [2.24, 2.45) is 4.99 Å². The molecule has 0 spiro atoms. The van der Waals surface area contributed by atoms with Gasteiger partial charge in [0.25, 0.3) is 0 Å². The molecule has 2 N–H and O–H groups in total. The summed E-state index contributed by atoms with van der Waals surface area (Å²) in [5, 5.41) is 11.4. The lowest BCUT2D eigenvalue weighted by Crippen LogP contribution is -2.42. The first-order valence-electron chi connectivity index (χ1n) is 11.6. The molecular formula is C26H34N6O. The molecule has 0 saturated carbocycles. The first-order valence-corrected chi connectivity index (χ1v) is 11.6. The molecule has 174 valence electrons. The van der Waals surface area contributed by atoms with Crippen LogP contribution in [0.5, 0.6) is 5.75 Å². The molecule has 0 aliphatic carbocycles. The third-order valence-electron chi connectivity index (χ3n) is 6.10. The zero-order chi connectivity index (χ0) is 22.9. The summed E-state index contributed by atoms with van der Waals surface area (Å²) < 4.78 is 7.30. The van der Waals surface area contributed by atoms with Crippen LogP contribution in [-0.2, 0) is 13.1 Å². The lowest BCUT2D eigenvalue weighted by molar-refractivity contribution is 0.245. The number of likely N-dealkylation sites (tertiary alicyclic amines) is 1. The molecule has 1 saturated heterocycles. The van der Waals surface area contributed by atoms with Crippen LogP contribution in [0.25, 0.3) is 0 Å². The van der Waals surface area contributed by atoms with Crippen LogP contribution in [0.2, 0.25) is 0 Å². The van der Waals surface area contributed by atoms with E-state index >= 15 is 0 Å². The van der Waals surface area contributed by atoms with Crippen LogP contribution < -0.4 is 15.4 Å². The molecule has 1 fully saturated rings. The Bertz CT molecular complexity index is 1010. The smallest absolute Gasteiger partial charge is 0.191 e. The van der Waals surface area contributed by atoms with Crippen LogP contribution in [0.4, 0.5) is 0 Å². The van der Waals surface area contributed by atoms with E-state index in [2.05, 4.69) is 68.2 Å². The number of nitrogens with one attached hydrogen (secondary N) is 2. The van der Waals surface area contributed by atoms with Gasteiger partial charge in [0.05, 0.1) is 25.9 Å². The second-order valence-corrected chi connectivity index (χ2v) is 8.37. The van der Waals surface area contributed by atoms with E-state index in [1.54, 1.807) is 7.11 Å². The Morgan fingerprint density at radius 2 is 1.79 bits per heavy atom. The van der Waals surface area contributed by atoms with E-state index in [-0.39, 0.29) is 0 Å². The van der Waals surface area contributed by atoms with Gasteiger partial charge in [-0.2, -0.15) is 5.10 Å². The van der Waals surface area contributed by atoms with Gasteiger partial charge in [-0.25, -0.2) is 0 Å². The maximum atomic E-state index is 5.33. The van der Waals surface area contributed by atoms with Crippen LogP contribution in [0.1, 0.15) is 35.6 Å². The van der Waals surface area contributed by atoms with Crippen LogP contribution >= 0.6 is 0 Å². The normalized spacial score (nSPS) is 15.4. The van der Waals surface area contributed by atoms with Gasteiger partial charge in [-0.3, -0.25) is 14.6 Å². The van der Waals surface area contributed by atoms with Gasteiger partial charge in [0.2, 0.25) is 0 Å². The molecule has 2 aromatic carbocycles. The summed E-state index contributed by atoms with van der Waals surface area (Å²) in [5.74, 6) is 1.68. The van der Waals surface area contributed by atoms with E-state index in [1.165, 1.54) is 24.0 Å². The van der Waals surface area contributed by atoms with Crippen molar-refractivity contribution >= 4 is 5.96 Å². The Morgan fingerprint density at radius 1 is 1.03 bits per heavy atom. The molecule has 2 heterocycles. The number of benzene rings is 2. The molecule has 0 amide bonds. The Hall–Kier alpha value is -3.32. The number of aliphatic imine (C=N–C) groups is 1. The molecule has 1 aliphatic heterocycles. The van der Waals surface area contributed by atoms with Crippen LogP contribution in [0, 0.1) is 0 Å². The number of rotatable bonds is 9. The summed E-state index contributed by atoms with van der Waals surface area (Å²) in [6, 6.07) is 19.1. The quantitative estimate of drug-likeness (QED) is 0.389. The van der Waals surface area contributed by atoms with Crippen molar-refractivity contribution in [2.45, 2.75) is 32.0 Å². The van der Waals surface area contributed by atoms with Crippen LogP contribution in [-0.4, -0.2) is 54.4 Å². The van der Waals surface area contributed by atoms with Crippen LogP contribution in [0.3, 0.4) is 0 Å².